The molecule has 78 valence electrons. The second kappa shape index (κ2) is 3.87. The third-order valence-corrected chi connectivity index (χ3v) is 2.45. The van der Waals surface area contributed by atoms with E-state index in [1.807, 2.05) is 20.8 Å². The molecule has 0 spiro atoms. The first-order valence-corrected chi connectivity index (χ1v) is 4.84. The number of benzene rings is 1. The van der Waals surface area contributed by atoms with Gasteiger partial charge in [0.2, 0.25) is 0 Å². The van der Waals surface area contributed by atoms with Crippen LogP contribution in [0.1, 0.15) is 31.9 Å². The van der Waals surface area contributed by atoms with Crippen molar-refractivity contribution in [1.29, 1.82) is 0 Å². The normalized spacial score (nSPS) is 11.9. The molecular formula is C11H14ClFO. The van der Waals surface area contributed by atoms with Gasteiger partial charge >= 0.3 is 0 Å². The van der Waals surface area contributed by atoms with Gasteiger partial charge in [-0.1, -0.05) is 38.4 Å². The van der Waals surface area contributed by atoms with E-state index in [0.29, 0.717) is 5.56 Å². The van der Waals surface area contributed by atoms with E-state index in [1.54, 1.807) is 6.07 Å². The lowest BCUT2D eigenvalue weighted by Crippen LogP contribution is -2.15. The zero-order valence-corrected chi connectivity index (χ0v) is 9.32. The molecule has 1 aromatic rings. The molecule has 0 amide bonds. The molecule has 0 radical (unpaired) electrons. The van der Waals surface area contributed by atoms with Crippen LogP contribution in [-0.2, 0) is 12.0 Å². The summed E-state index contributed by atoms with van der Waals surface area (Å²) in [5.74, 6) is -0.512. The molecule has 0 aliphatic carbocycles. The highest BCUT2D eigenvalue weighted by Gasteiger charge is 2.21. The van der Waals surface area contributed by atoms with Crippen molar-refractivity contribution in [2.45, 2.75) is 32.8 Å². The summed E-state index contributed by atoms with van der Waals surface area (Å²) in [6.07, 6.45) is 0. The van der Waals surface area contributed by atoms with E-state index >= 15 is 0 Å². The molecule has 0 aromatic heterocycles. The van der Waals surface area contributed by atoms with E-state index < -0.39 is 5.82 Å². The monoisotopic (exact) mass is 216 g/mol. The number of hydrogen-bond donors (Lipinski definition) is 1. The van der Waals surface area contributed by atoms with E-state index in [9.17, 15) is 4.39 Å². The predicted molar refractivity (Wildman–Crippen MR) is 56.0 cm³/mol. The van der Waals surface area contributed by atoms with Crippen molar-refractivity contribution in [2.24, 2.45) is 0 Å². The Labute approximate surface area is 88.5 Å². The first kappa shape index (κ1) is 11.5. The van der Waals surface area contributed by atoms with E-state index in [2.05, 4.69) is 0 Å². The maximum atomic E-state index is 13.5. The Morgan fingerprint density at radius 1 is 1.36 bits per heavy atom. The first-order chi connectivity index (χ1) is 6.38. The van der Waals surface area contributed by atoms with Crippen LogP contribution in [0.4, 0.5) is 4.39 Å². The molecule has 1 N–H and O–H groups in total. The highest BCUT2D eigenvalue weighted by molar-refractivity contribution is 6.30. The fourth-order valence-corrected chi connectivity index (χ4v) is 1.63. The van der Waals surface area contributed by atoms with E-state index in [-0.39, 0.29) is 17.0 Å². The first-order valence-electron chi connectivity index (χ1n) is 4.46. The molecule has 0 fully saturated rings. The lowest BCUT2D eigenvalue weighted by atomic mass is 9.84. The summed E-state index contributed by atoms with van der Waals surface area (Å²) >= 11 is 5.63. The fourth-order valence-electron chi connectivity index (χ4n) is 1.45. The van der Waals surface area contributed by atoms with Gasteiger partial charge in [-0.2, -0.15) is 0 Å². The van der Waals surface area contributed by atoms with Gasteiger partial charge in [-0.05, 0) is 17.0 Å². The molecule has 0 saturated heterocycles. The van der Waals surface area contributed by atoms with Crippen LogP contribution in [-0.4, -0.2) is 5.11 Å². The SMILES string of the molecule is CC(C)(C)c1ccc(Cl)c(F)c1CO. The maximum Gasteiger partial charge on any atom is 0.147 e. The molecule has 3 heteroatoms. The molecule has 0 aliphatic heterocycles. The Bertz CT molecular complexity index is 342. The van der Waals surface area contributed by atoms with Crippen molar-refractivity contribution in [3.8, 4) is 0 Å². The number of halogens is 2. The van der Waals surface area contributed by atoms with Crippen LogP contribution in [0, 0.1) is 5.82 Å². The van der Waals surface area contributed by atoms with Gasteiger partial charge in [-0.25, -0.2) is 4.39 Å². The smallest absolute Gasteiger partial charge is 0.147 e. The number of aliphatic hydroxyl groups excluding tert-OH is 1. The number of rotatable bonds is 1. The van der Waals surface area contributed by atoms with Crippen LogP contribution in [0.15, 0.2) is 12.1 Å². The van der Waals surface area contributed by atoms with Crippen molar-refractivity contribution < 1.29 is 9.50 Å². The molecular weight excluding hydrogens is 203 g/mol. The van der Waals surface area contributed by atoms with Crippen LogP contribution in [0.5, 0.6) is 0 Å². The molecule has 0 unspecified atom stereocenters. The van der Waals surface area contributed by atoms with Crippen LogP contribution in [0.3, 0.4) is 0 Å². The molecule has 1 nitrogen and oxygen atoms in total. The molecule has 1 aromatic carbocycles. The number of aliphatic hydroxyl groups is 1. The van der Waals surface area contributed by atoms with E-state index in [4.69, 9.17) is 16.7 Å². The van der Waals surface area contributed by atoms with Crippen LogP contribution >= 0.6 is 11.6 Å². The minimum atomic E-state index is -0.512. The minimum absolute atomic E-state index is 0.0575. The van der Waals surface area contributed by atoms with E-state index in [0.717, 1.165) is 5.56 Å². The summed E-state index contributed by atoms with van der Waals surface area (Å²) in [7, 11) is 0. The highest BCUT2D eigenvalue weighted by Crippen LogP contribution is 2.30. The van der Waals surface area contributed by atoms with Crippen LogP contribution in [0.25, 0.3) is 0 Å². The fraction of sp³-hybridized carbons (Fsp3) is 0.455. The van der Waals surface area contributed by atoms with Crippen molar-refractivity contribution in [3.63, 3.8) is 0 Å². The van der Waals surface area contributed by atoms with Gasteiger partial charge in [0.1, 0.15) is 5.82 Å². The van der Waals surface area contributed by atoms with Crippen molar-refractivity contribution >= 4 is 11.6 Å². The minimum Gasteiger partial charge on any atom is -0.392 e. The highest BCUT2D eigenvalue weighted by atomic mass is 35.5. The summed E-state index contributed by atoms with van der Waals surface area (Å²) in [5, 5.41) is 9.15. The molecule has 0 atom stereocenters. The summed E-state index contributed by atoms with van der Waals surface area (Å²) in [6.45, 7) is 5.58. The summed E-state index contributed by atoms with van der Waals surface area (Å²) in [5.41, 5.74) is 0.899. The van der Waals surface area contributed by atoms with Gasteiger partial charge in [0.05, 0.1) is 11.6 Å². The zero-order chi connectivity index (χ0) is 10.9. The largest absolute Gasteiger partial charge is 0.392 e. The Morgan fingerprint density at radius 3 is 2.36 bits per heavy atom. The van der Waals surface area contributed by atoms with Gasteiger partial charge in [-0.15, -0.1) is 0 Å². The molecule has 1 rings (SSSR count). The molecule has 14 heavy (non-hydrogen) atoms. The third kappa shape index (κ3) is 2.07. The quantitative estimate of drug-likeness (QED) is 0.764. The Balaban J connectivity index is 3.39. The average Bonchev–Trinajstić information content (AvgIpc) is 2.07. The lowest BCUT2D eigenvalue weighted by molar-refractivity contribution is 0.272. The van der Waals surface area contributed by atoms with E-state index in [1.165, 1.54) is 6.07 Å². The van der Waals surface area contributed by atoms with Crippen molar-refractivity contribution in [2.75, 3.05) is 0 Å². The van der Waals surface area contributed by atoms with Crippen molar-refractivity contribution in [1.82, 2.24) is 0 Å². The van der Waals surface area contributed by atoms with Crippen molar-refractivity contribution in [3.05, 3.63) is 34.1 Å². The summed E-state index contributed by atoms with van der Waals surface area (Å²) in [4.78, 5) is 0. The molecule has 0 saturated carbocycles. The van der Waals surface area contributed by atoms with Crippen LogP contribution < -0.4 is 0 Å². The Kier molecular flexibility index (Phi) is 3.17. The van der Waals surface area contributed by atoms with Crippen LogP contribution in [0.2, 0.25) is 5.02 Å². The lowest BCUT2D eigenvalue weighted by Gasteiger charge is -2.22. The maximum absolute atomic E-state index is 13.5. The van der Waals surface area contributed by atoms with Gasteiger partial charge in [0, 0.05) is 5.56 Å². The second-order valence-electron chi connectivity index (χ2n) is 4.30. The summed E-state index contributed by atoms with van der Waals surface area (Å²) in [6, 6.07) is 3.29. The second-order valence-corrected chi connectivity index (χ2v) is 4.70. The zero-order valence-electron chi connectivity index (χ0n) is 8.56. The van der Waals surface area contributed by atoms with Gasteiger partial charge in [0.15, 0.2) is 0 Å². The number of hydrogen-bond acceptors (Lipinski definition) is 1. The predicted octanol–water partition coefficient (Wildman–Crippen LogP) is 3.27. The van der Waals surface area contributed by atoms with Gasteiger partial charge in [-0.3, -0.25) is 0 Å². The molecule has 0 aliphatic rings. The summed E-state index contributed by atoms with van der Waals surface area (Å²) < 4.78 is 13.5. The Hall–Kier alpha value is -0.600. The standard InChI is InChI=1S/C11H14ClFO/c1-11(2,3)8-4-5-9(12)10(13)7(8)6-14/h4-5,14H,6H2,1-3H3. The van der Waals surface area contributed by atoms with Gasteiger partial charge < -0.3 is 5.11 Å². The molecule has 0 heterocycles. The molecule has 0 bridgehead atoms. The Morgan fingerprint density at radius 2 is 1.93 bits per heavy atom. The topological polar surface area (TPSA) is 20.2 Å². The third-order valence-electron chi connectivity index (χ3n) is 2.16. The average molecular weight is 217 g/mol. The van der Waals surface area contributed by atoms with Gasteiger partial charge in [0.25, 0.3) is 0 Å².